The Labute approximate surface area is 126 Å². The second-order valence-electron chi connectivity index (χ2n) is 4.90. The molecule has 3 aromatic rings. The Morgan fingerprint density at radius 3 is 2.48 bits per heavy atom. The maximum atomic E-state index is 12.4. The molecule has 0 aliphatic carbocycles. The van der Waals surface area contributed by atoms with Crippen LogP contribution in [0.1, 0.15) is 20.9 Å². The molecule has 21 heavy (non-hydrogen) atoms. The molecule has 3 N–H and O–H groups in total. The molecule has 0 bridgehead atoms. The highest BCUT2D eigenvalue weighted by Gasteiger charge is 2.13. The van der Waals surface area contributed by atoms with Crippen LogP contribution in [0.25, 0.3) is 10.8 Å². The first kappa shape index (κ1) is 13.6. The number of aromatic nitrogens is 1. The number of nitrogens with one attached hydrogen (secondary N) is 1. The van der Waals surface area contributed by atoms with E-state index in [4.69, 9.17) is 5.73 Å². The van der Waals surface area contributed by atoms with E-state index in [9.17, 15) is 4.79 Å². The third-order valence-electron chi connectivity index (χ3n) is 3.41. The molecule has 106 valence electrons. The number of nitrogens with zero attached hydrogens (tertiary/aromatic N) is 1. The first-order valence-electron chi connectivity index (χ1n) is 6.58. The standard InChI is InChI=1S/C16H15N3OS/c1-9-10(2)21-16(18-9)19-15(20)13-7-11-5-3-4-6-12(11)8-14(13)17/h3-8H,17H2,1-2H3,(H,18,19,20). The Hall–Kier alpha value is -2.40. The van der Waals surface area contributed by atoms with Crippen molar-refractivity contribution >= 4 is 38.8 Å². The monoisotopic (exact) mass is 297 g/mol. The van der Waals surface area contributed by atoms with E-state index in [1.165, 1.54) is 11.3 Å². The highest BCUT2D eigenvalue weighted by atomic mass is 32.1. The molecule has 1 aromatic heterocycles. The van der Waals surface area contributed by atoms with Crippen LogP contribution in [0.5, 0.6) is 0 Å². The van der Waals surface area contributed by atoms with Gasteiger partial charge in [0, 0.05) is 10.6 Å². The summed E-state index contributed by atoms with van der Waals surface area (Å²) in [5.74, 6) is -0.230. The van der Waals surface area contributed by atoms with Crippen LogP contribution in [-0.4, -0.2) is 10.9 Å². The van der Waals surface area contributed by atoms with Crippen molar-refractivity contribution in [2.45, 2.75) is 13.8 Å². The summed E-state index contributed by atoms with van der Waals surface area (Å²) in [7, 11) is 0. The van der Waals surface area contributed by atoms with Crippen molar-refractivity contribution in [1.82, 2.24) is 4.98 Å². The van der Waals surface area contributed by atoms with Gasteiger partial charge in [-0.05, 0) is 36.8 Å². The van der Waals surface area contributed by atoms with E-state index < -0.39 is 0 Å². The molecule has 0 fully saturated rings. The van der Waals surface area contributed by atoms with E-state index in [0.29, 0.717) is 16.4 Å². The van der Waals surface area contributed by atoms with Crippen LogP contribution >= 0.6 is 11.3 Å². The molecule has 0 saturated heterocycles. The Morgan fingerprint density at radius 1 is 1.19 bits per heavy atom. The van der Waals surface area contributed by atoms with Gasteiger partial charge in [0.2, 0.25) is 0 Å². The molecule has 1 heterocycles. The average Bonchev–Trinajstić information content (AvgIpc) is 2.76. The first-order valence-corrected chi connectivity index (χ1v) is 7.40. The lowest BCUT2D eigenvalue weighted by Gasteiger charge is -2.07. The van der Waals surface area contributed by atoms with E-state index in [1.54, 1.807) is 0 Å². The number of thiazole rings is 1. The predicted molar refractivity (Wildman–Crippen MR) is 87.9 cm³/mol. The number of benzene rings is 2. The van der Waals surface area contributed by atoms with Crippen molar-refractivity contribution in [3.8, 4) is 0 Å². The Balaban J connectivity index is 1.95. The van der Waals surface area contributed by atoms with Gasteiger partial charge < -0.3 is 5.73 Å². The van der Waals surface area contributed by atoms with Crippen molar-refractivity contribution in [1.29, 1.82) is 0 Å². The molecular weight excluding hydrogens is 282 g/mol. The van der Waals surface area contributed by atoms with Gasteiger partial charge in [-0.2, -0.15) is 0 Å². The van der Waals surface area contributed by atoms with E-state index >= 15 is 0 Å². The summed E-state index contributed by atoms with van der Waals surface area (Å²) in [6, 6.07) is 11.5. The van der Waals surface area contributed by atoms with Crippen LogP contribution in [0.2, 0.25) is 0 Å². The predicted octanol–water partition coefficient (Wildman–Crippen LogP) is 3.75. The number of hydrogen-bond donors (Lipinski definition) is 2. The molecule has 4 nitrogen and oxygen atoms in total. The minimum absolute atomic E-state index is 0.230. The summed E-state index contributed by atoms with van der Waals surface area (Å²) in [6.45, 7) is 3.90. The summed E-state index contributed by atoms with van der Waals surface area (Å²) >= 11 is 1.46. The van der Waals surface area contributed by atoms with Crippen LogP contribution in [0.4, 0.5) is 10.8 Å². The molecule has 0 atom stereocenters. The number of carbonyl (C=O) groups is 1. The van der Waals surface area contributed by atoms with Crippen LogP contribution in [-0.2, 0) is 0 Å². The van der Waals surface area contributed by atoms with Crippen LogP contribution < -0.4 is 11.1 Å². The van der Waals surface area contributed by atoms with Crippen molar-refractivity contribution in [3.05, 3.63) is 52.5 Å². The van der Waals surface area contributed by atoms with Gasteiger partial charge in [-0.3, -0.25) is 10.1 Å². The molecule has 0 radical (unpaired) electrons. The summed E-state index contributed by atoms with van der Waals surface area (Å²) in [4.78, 5) is 17.8. The lowest BCUT2D eigenvalue weighted by atomic mass is 10.0. The fraction of sp³-hybridized carbons (Fsp3) is 0.125. The summed E-state index contributed by atoms with van der Waals surface area (Å²) < 4.78 is 0. The molecule has 0 spiro atoms. The number of anilines is 2. The smallest absolute Gasteiger partial charge is 0.259 e. The topological polar surface area (TPSA) is 68.0 Å². The molecule has 3 rings (SSSR count). The van der Waals surface area contributed by atoms with Crippen molar-refractivity contribution in [2.24, 2.45) is 0 Å². The number of fused-ring (bicyclic) bond motifs is 1. The molecular formula is C16H15N3OS. The number of carbonyl (C=O) groups excluding carboxylic acids is 1. The number of aryl methyl sites for hydroxylation is 2. The van der Waals surface area contributed by atoms with Crippen molar-refractivity contribution < 1.29 is 4.79 Å². The van der Waals surface area contributed by atoms with Crippen LogP contribution in [0.3, 0.4) is 0 Å². The largest absolute Gasteiger partial charge is 0.398 e. The number of amides is 1. The number of hydrogen-bond acceptors (Lipinski definition) is 4. The Morgan fingerprint density at radius 2 is 1.86 bits per heavy atom. The first-order chi connectivity index (χ1) is 10.0. The highest BCUT2D eigenvalue weighted by molar-refractivity contribution is 7.15. The Bertz CT molecular complexity index is 819. The molecule has 0 aliphatic heterocycles. The zero-order valence-corrected chi connectivity index (χ0v) is 12.6. The Kier molecular flexibility index (Phi) is 3.35. The molecule has 0 aliphatic rings. The van der Waals surface area contributed by atoms with E-state index in [1.807, 2.05) is 50.2 Å². The lowest BCUT2D eigenvalue weighted by molar-refractivity contribution is 0.102. The number of nitrogen functional groups attached to an aromatic ring is 1. The van der Waals surface area contributed by atoms with Gasteiger partial charge in [0.1, 0.15) is 0 Å². The molecule has 2 aromatic carbocycles. The molecule has 0 saturated carbocycles. The van der Waals surface area contributed by atoms with Gasteiger partial charge in [0.05, 0.1) is 11.3 Å². The van der Waals surface area contributed by atoms with Gasteiger partial charge in [-0.15, -0.1) is 11.3 Å². The maximum Gasteiger partial charge on any atom is 0.259 e. The van der Waals surface area contributed by atoms with E-state index in [2.05, 4.69) is 10.3 Å². The minimum Gasteiger partial charge on any atom is -0.398 e. The third kappa shape index (κ3) is 2.60. The SMILES string of the molecule is Cc1nc(NC(=O)c2cc3ccccc3cc2N)sc1C. The van der Waals surface area contributed by atoms with Crippen molar-refractivity contribution in [2.75, 3.05) is 11.1 Å². The summed E-state index contributed by atoms with van der Waals surface area (Å²) in [5, 5.41) is 5.42. The van der Waals surface area contributed by atoms with E-state index in [-0.39, 0.29) is 5.91 Å². The van der Waals surface area contributed by atoms with E-state index in [0.717, 1.165) is 21.3 Å². The normalized spacial score (nSPS) is 10.8. The second-order valence-corrected chi connectivity index (χ2v) is 6.10. The van der Waals surface area contributed by atoms with Gasteiger partial charge in [-0.25, -0.2) is 4.98 Å². The van der Waals surface area contributed by atoms with Crippen LogP contribution in [0.15, 0.2) is 36.4 Å². The second kappa shape index (κ2) is 5.18. The third-order valence-corrected chi connectivity index (χ3v) is 4.40. The summed E-state index contributed by atoms with van der Waals surface area (Å²) in [5.41, 5.74) is 7.87. The zero-order chi connectivity index (χ0) is 15.0. The fourth-order valence-electron chi connectivity index (χ4n) is 2.15. The van der Waals surface area contributed by atoms with Crippen molar-refractivity contribution in [3.63, 3.8) is 0 Å². The quantitative estimate of drug-likeness (QED) is 0.708. The lowest BCUT2D eigenvalue weighted by Crippen LogP contribution is -2.14. The number of nitrogens with two attached hydrogens (primary N) is 1. The minimum atomic E-state index is -0.230. The molecule has 1 amide bonds. The van der Waals surface area contributed by atoms with Gasteiger partial charge in [-0.1, -0.05) is 24.3 Å². The summed E-state index contributed by atoms with van der Waals surface area (Å²) in [6.07, 6.45) is 0. The molecule has 0 unspecified atom stereocenters. The van der Waals surface area contributed by atoms with Crippen LogP contribution in [0, 0.1) is 13.8 Å². The fourth-order valence-corrected chi connectivity index (χ4v) is 2.95. The zero-order valence-electron chi connectivity index (χ0n) is 11.8. The maximum absolute atomic E-state index is 12.4. The average molecular weight is 297 g/mol. The highest BCUT2D eigenvalue weighted by Crippen LogP contribution is 2.25. The number of rotatable bonds is 2. The van der Waals surface area contributed by atoms with Gasteiger partial charge in [0.15, 0.2) is 5.13 Å². The van der Waals surface area contributed by atoms with Gasteiger partial charge >= 0.3 is 0 Å². The molecule has 5 heteroatoms. The van der Waals surface area contributed by atoms with Gasteiger partial charge in [0.25, 0.3) is 5.91 Å².